The highest BCUT2D eigenvalue weighted by Gasteiger charge is 2.03. The van der Waals surface area contributed by atoms with Crippen LogP contribution in [0.4, 0.5) is 4.39 Å². The Bertz CT molecular complexity index is 569. The van der Waals surface area contributed by atoms with Crippen LogP contribution in [0.15, 0.2) is 33.8 Å². The molecule has 0 aliphatic heterocycles. The molecule has 6 heteroatoms. The number of guanidine groups is 1. The maximum Gasteiger partial charge on any atom is 0.211 e. The molecule has 0 saturated heterocycles. The highest BCUT2D eigenvalue weighted by molar-refractivity contribution is 7.17. The first kappa shape index (κ1) is 10.6. The minimum atomic E-state index is -0.347. The first-order chi connectivity index (χ1) is 7.66. The van der Waals surface area contributed by atoms with Gasteiger partial charge in [-0.15, -0.1) is 16.4 Å². The molecular weight excluding hydrogens is 227 g/mol. The van der Waals surface area contributed by atoms with Crippen molar-refractivity contribution < 1.29 is 4.39 Å². The minimum absolute atomic E-state index is 0.158. The predicted octanol–water partition coefficient (Wildman–Crippen LogP) is 1.65. The van der Waals surface area contributed by atoms with Gasteiger partial charge in [-0.3, -0.25) is 0 Å². The summed E-state index contributed by atoms with van der Waals surface area (Å²) >= 11 is 1.54. The lowest BCUT2D eigenvalue weighted by atomic mass is 10.2. The van der Waals surface area contributed by atoms with Crippen molar-refractivity contribution in [2.24, 2.45) is 21.7 Å². The lowest BCUT2D eigenvalue weighted by Gasteiger charge is -1.96. The van der Waals surface area contributed by atoms with Crippen molar-refractivity contribution in [2.45, 2.75) is 0 Å². The van der Waals surface area contributed by atoms with Crippen LogP contribution in [-0.4, -0.2) is 12.2 Å². The van der Waals surface area contributed by atoms with E-state index in [1.165, 1.54) is 23.6 Å². The first-order valence-electron chi connectivity index (χ1n) is 4.45. The Morgan fingerprint density at radius 3 is 2.94 bits per heavy atom. The van der Waals surface area contributed by atoms with E-state index in [0.717, 1.165) is 10.1 Å². The second-order valence-electron chi connectivity index (χ2n) is 3.10. The van der Waals surface area contributed by atoms with E-state index in [1.54, 1.807) is 6.07 Å². The van der Waals surface area contributed by atoms with Crippen molar-refractivity contribution in [3.8, 4) is 0 Å². The SMILES string of the molecule is NC(N)=NN=Cc1cc2sccc2cc1F. The van der Waals surface area contributed by atoms with Crippen LogP contribution in [0, 0.1) is 5.82 Å². The van der Waals surface area contributed by atoms with Gasteiger partial charge < -0.3 is 11.5 Å². The maximum absolute atomic E-state index is 13.5. The Labute approximate surface area is 95.1 Å². The van der Waals surface area contributed by atoms with Gasteiger partial charge in [-0.1, -0.05) is 0 Å². The summed E-state index contributed by atoms with van der Waals surface area (Å²) in [5.41, 5.74) is 10.5. The monoisotopic (exact) mass is 236 g/mol. The van der Waals surface area contributed by atoms with E-state index in [4.69, 9.17) is 11.5 Å². The molecule has 0 amide bonds. The van der Waals surface area contributed by atoms with Crippen LogP contribution >= 0.6 is 11.3 Å². The average molecular weight is 236 g/mol. The fourth-order valence-corrected chi connectivity index (χ4v) is 2.07. The summed E-state index contributed by atoms with van der Waals surface area (Å²) in [6, 6.07) is 5.03. The smallest absolute Gasteiger partial charge is 0.211 e. The van der Waals surface area contributed by atoms with E-state index in [-0.39, 0.29) is 11.8 Å². The fourth-order valence-electron chi connectivity index (χ4n) is 1.25. The molecule has 4 N–H and O–H groups in total. The van der Waals surface area contributed by atoms with Crippen molar-refractivity contribution in [3.63, 3.8) is 0 Å². The molecule has 0 fully saturated rings. The molecule has 0 spiro atoms. The normalized spacial score (nSPS) is 11.1. The zero-order valence-electron chi connectivity index (χ0n) is 8.22. The van der Waals surface area contributed by atoms with Crippen LogP contribution in [0.5, 0.6) is 0 Å². The molecule has 0 saturated carbocycles. The molecule has 1 aromatic heterocycles. The van der Waals surface area contributed by atoms with Gasteiger partial charge in [-0.25, -0.2) is 4.39 Å². The number of thiophene rings is 1. The van der Waals surface area contributed by atoms with Crippen LogP contribution in [0.25, 0.3) is 10.1 Å². The van der Waals surface area contributed by atoms with Crippen LogP contribution in [-0.2, 0) is 0 Å². The van der Waals surface area contributed by atoms with Gasteiger partial charge in [0.2, 0.25) is 5.96 Å². The van der Waals surface area contributed by atoms with Crippen LogP contribution in [0.1, 0.15) is 5.56 Å². The van der Waals surface area contributed by atoms with E-state index >= 15 is 0 Å². The zero-order valence-corrected chi connectivity index (χ0v) is 9.04. The van der Waals surface area contributed by atoms with Crippen molar-refractivity contribution in [1.29, 1.82) is 0 Å². The molecule has 0 unspecified atom stereocenters. The third-order valence-electron chi connectivity index (χ3n) is 1.94. The number of fused-ring (bicyclic) bond motifs is 1. The van der Waals surface area contributed by atoms with Crippen LogP contribution in [0.3, 0.4) is 0 Å². The number of rotatable bonds is 2. The van der Waals surface area contributed by atoms with Gasteiger partial charge in [0.1, 0.15) is 5.82 Å². The highest BCUT2D eigenvalue weighted by Crippen LogP contribution is 2.23. The molecule has 0 aliphatic rings. The maximum atomic E-state index is 13.5. The Morgan fingerprint density at radius 1 is 1.38 bits per heavy atom. The zero-order chi connectivity index (χ0) is 11.5. The molecule has 16 heavy (non-hydrogen) atoms. The van der Waals surface area contributed by atoms with Gasteiger partial charge in [-0.05, 0) is 29.0 Å². The summed E-state index contributed by atoms with van der Waals surface area (Å²) < 4.78 is 14.5. The number of nitrogens with zero attached hydrogens (tertiary/aromatic N) is 2. The molecule has 2 aromatic rings. The molecular formula is C10H9FN4S. The summed E-state index contributed by atoms with van der Waals surface area (Å²) in [4.78, 5) is 0. The van der Waals surface area contributed by atoms with E-state index in [0.29, 0.717) is 5.56 Å². The van der Waals surface area contributed by atoms with Crippen molar-refractivity contribution in [2.75, 3.05) is 0 Å². The fraction of sp³-hybridized carbons (Fsp3) is 0. The molecule has 82 valence electrons. The summed E-state index contributed by atoms with van der Waals surface area (Å²) in [5.74, 6) is -0.505. The lowest BCUT2D eigenvalue weighted by Crippen LogP contribution is -2.21. The summed E-state index contributed by atoms with van der Waals surface area (Å²) in [6.07, 6.45) is 1.29. The van der Waals surface area contributed by atoms with E-state index in [9.17, 15) is 4.39 Å². The third-order valence-corrected chi connectivity index (χ3v) is 2.82. The predicted molar refractivity (Wildman–Crippen MR) is 65.2 cm³/mol. The standard InChI is InChI=1S/C10H9FN4S/c11-8-3-6-1-2-16-9(6)4-7(8)5-14-15-10(12)13/h1-5H,(H4,12,13,15). The Balaban J connectivity index is 2.40. The van der Waals surface area contributed by atoms with Gasteiger partial charge in [0.25, 0.3) is 0 Å². The number of benzene rings is 1. The molecule has 1 aromatic carbocycles. The number of nitrogens with two attached hydrogens (primary N) is 2. The minimum Gasteiger partial charge on any atom is -0.369 e. The largest absolute Gasteiger partial charge is 0.369 e. The Hall–Kier alpha value is -1.95. The van der Waals surface area contributed by atoms with E-state index in [2.05, 4.69) is 10.2 Å². The second kappa shape index (κ2) is 4.28. The van der Waals surface area contributed by atoms with Crippen molar-refractivity contribution in [3.05, 3.63) is 35.0 Å². The molecule has 0 radical (unpaired) electrons. The Kier molecular flexibility index (Phi) is 2.82. The van der Waals surface area contributed by atoms with Crippen LogP contribution in [0.2, 0.25) is 0 Å². The topological polar surface area (TPSA) is 76.8 Å². The van der Waals surface area contributed by atoms with Gasteiger partial charge >= 0.3 is 0 Å². The van der Waals surface area contributed by atoms with Gasteiger partial charge in [-0.2, -0.15) is 5.10 Å². The van der Waals surface area contributed by atoms with Gasteiger partial charge in [0.05, 0.1) is 6.21 Å². The molecule has 0 atom stereocenters. The van der Waals surface area contributed by atoms with Crippen molar-refractivity contribution >= 4 is 33.6 Å². The molecule has 4 nitrogen and oxygen atoms in total. The average Bonchev–Trinajstić information content (AvgIpc) is 2.64. The number of halogens is 1. The summed E-state index contributed by atoms with van der Waals surface area (Å²) in [5, 5.41) is 9.76. The number of hydrogen-bond donors (Lipinski definition) is 2. The van der Waals surface area contributed by atoms with Crippen LogP contribution < -0.4 is 11.5 Å². The molecule has 0 aliphatic carbocycles. The van der Waals surface area contributed by atoms with Gasteiger partial charge in [0, 0.05) is 10.3 Å². The lowest BCUT2D eigenvalue weighted by molar-refractivity contribution is 0.628. The second-order valence-corrected chi connectivity index (χ2v) is 4.05. The van der Waals surface area contributed by atoms with Crippen molar-refractivity contribution in [1.82, 2.24) is 0 Å². The van der Waals surface area contributed by atoms with Gasteiger partial charge in [0.15, 0.2) is 0 Å². The van der Waals surface area contributed by atoms with E-state index < -0.39 is 0 Å². The highest BCUT2D eigenvalue weighted by atomic mass is 32.1. The summed E-state index contributed by atoms with van der Waals surface area (Å²) in [7, 11) is 0. The molecule has 1 heterocycles. The quantitative estimate of drug-likeness (QED) is 0.472. The van der Waals surface area contributed by atoms with E-state index in [1.807, 2.05) is 11.4 Å². The Morgan fingerprint density at radius 2 is 2.19 bits per heavy atom. The molecule has 2 rings (SSSR count). The molecule has 0 bridgehead atoms. The third kappa shape index (κ3) is 2.17. The number of hydrogen-bond acceptors (Lipinski definition) is 3. The summed E-state index contributed by atoms with van der Waals surface area (Å²) in [6.45, 7) is 0. The first-order valence-corrected chi connectivity index (χ1v) is 5.33.